The van der Waals surface area contributed by atoms with Gasteiger partial charge in [-0.25, -0.2) is 4.39 Å². The van der Waals surface area contributed by atoms with E-state index in [2.05, 4.69) is 5.32 Å². The first-order chi connectivity index (χ1) is 12.6. The number of amides is 2. The van der Waals surface area contributed by atoms with Crippen molar-refractivity contribution in [3.05, 3.63) is 35.6 Å². The van der Waals surface area contributed by atoms with Crippen molar-refractivity contribution in [1.29, 1.82) is 0 Å². The molecule has 0 aromatic heterocycles. The average molecular weight is 398 g/mol. The summed E-state index contributed by atoms with van der Waals surface area (Å²) in [5, 5.41) is 3.31. The number of hydrogen-bond acceptors (Lipinski definition) is 3. The highest BCUT2D eigenvalue weighted by molar-refractivity contribution is 5.85. The molecular formula is C20H29ClFN3O2. The second-order valence-electron chi connectivity index (χ2n) is 7.21. The molecule has 1 aromatic carbocycles. The third-order valence-corrected chi connectivity index (χ3v) is 5.42. The Balaban J connectivity index is 0.00000261. The highest BCUT2D eigenvalue weighted by atomic mass is 35.5. The summed E-state index contributed by atoms with van der Waals surface area (Å²) >= 11 is 0. The Kier molecular flexibility index (Phi) is 8.05. The van der Waals surface area contributed by atoms with Crippen LogP contribution < -0.4 is 5.32 Å². The number of benzene rings is 1. The second kappa shape index (κ2) is 10.0. The van der Waals surface area contributed by atoms with Crippen molar-refractivity contribution in [2.75, 3.05) is 32.7 Å². The molecule has 2 fully saturated rings. The first-order valence-electron chi connectivity index (χ1n) is 9.64. The van der Waals surface area contributed by atoms with Crippen molar-refractivity contribution in [1.82, 2.24) is 15.1 Å². The van der Waals surface area contributed by atoms with Crippen LogP contribution in [-0.2, 0) is 9.59 Å². The Morgan fingerprint density at radius 1 is 1.22 bits per heavy atom. The zero-order chi connectivity index (χ0) is 18.5. The molecule has 3 rings (SSSR count). The smallest absolute Gasteiger partial charge is 0.226 e. The van der Waals surface area contributed by atoms with Crippen LogP contribution >= 0.6 is 12.4 Å². The van der Waals surface area contributed by atoms with Crippen LogP contribution in [0, 0.1) is 11.7 Å². The number of likely N-dealkylation sites (tertiary alicyclic amines) is 1. The molecule has 0 spiro atoms. The van der Waals surface area contributed by atoms with Crippen molar-refractivity contribution in [3.63, 3.8) is 0 Å². The molecule has 0 radical (unpaired) electrons. The van der Waals surface area contributed by atoms with Gasteiger partial charge in [-0.15, -0.1) is 12.4 Å². The van der Waals surface area contributed by atoms with Crippen LogP contribution in [0.3, 0.4) is 0 Å². The lowest BCUT2D eigenvalue weighted by molar-refractivity contribution is -0.143. The highest BCUT2D eigenvalue weighted by Crippen LogP contribution is 2.28. The van der Waals surface area contributed by atoms with Crippen molar-refractivity contribution in [2.24, 2.45) is 5.92 Å². The molecular weight excluding hydrogens is 369 g/mol. The number of piperidine rings is 1. The molecule has 2 aliphatic heterocycles. The van der Waals surface area contributed by atoms with Gasteiger partial charge in [0, 0.05) is 45.1 Å². The van der Waals surface area contributed by atoms with Gasteiger partial charge in [0.2, 0.25) is 11.8 Å². The van der Waals surface area contributed by atoms with Crippen LogP contribution in [0.25, 0.3) is 0 Å². The van der Waals surface area contributed by atoms with Crippen molar-refractivity contribution < 1.29 is 14.0 Å². The summed E-state index contributed by atoms with van der Waals surface area (Å²) in [6, 6.07) is 6.39. The molecule has 0 aliphatic carbocycles. The predicted octanol–water partition coefficient (Wildman–Crippen LogP) is 2.76. The normalized spacial score (nSPS) is 20.9. The Bertz CT molecular complexity index is 650. The zero-order valence-corrected chi connectivity index (χ0v) is 16.6. The Morgan fingerprint density at radius 2 is 1.96 bits per heavy atom. The number of carbonyl (C=O) groups is 2. The third-order valence-electron chi connectivity index (χ3n) is 5.42. The van der Waals surface area contributed by atoms with Gasteiger partial charge in [0.1, 0.15) is 5.82 Å². The van der Waals surface area contributed by atoms with Gasteiger partial charge in [0.25, 0.3) is 0 Å². The molecule has 150 valence electrons. The lowest BCUT2D eigenvalue weighted by atomic mass is 9.93. The molecule has 2 amide bonds. The number of nitrogens with one attached hydrogen (secondary N) is 1. The molecule has 5 nitrogen and oxygen atoms in total. The lowest BCUT2D eigenvalue weighted by Gasteiger charge is -2.40. The van der Waals surface area contributed by atoms with E-state index < -0.39 is 0 Å². The summed E-state index contributed by atoms with van der Waals surface area (Å²) in [4.78, 5) is 28.9. The van der Waals surface area contributed by atoms with E-state index in [-0.39, 0.29) is 42.0 Å². The molecule has 2 saturated heterocycles. The maximum Gasteiger partial charge on any atom is 0.226 e. The summed E-state index contributed by atoms with van der Waals surface area (Å²) in [6.07, 6.45) is 2.87. The Morgan fingerprint density at radius 3 is 2.63 bits per heavy atom. The van der Waals surface area contributed by atoms with E-state index in [1.165, 1.54) is 12.1 Å². The van der Waals surface area contributed by atoms with Gasteiger partial charge in [-0.2, -0.15) is 0 Å². The van der Waals surface area contributed by atoms with Crippen LogP contribution in [-0.4, -0.2) is 54.3 Å². The summed E-state index contributed by atoms with van der Waals surface area (Å²) in [6.45, 7) is 5.35. The number of hydrogen-bond donors (Lipinski definition) is 1. The summed E-state index contributed by atoms with van der Waals surface area (Å²) in [7, 11) is 0. The Hall–Kier alpha value is -1.66. The number of halogens is 2. The van der Waals surface area contributed by atoms with Crippen LogP contribution in [0.4, 0.5) is 4.39 Å². The van der Waals surface area contributed by atoms with Gasteiger partial charge in [0.05, 0.1) is 6.04 Å². The fraction of sp³-hybridized carbons (Fsp3) is 0.600. The van der Waals surface area contributed by atoms with E-state index >= 15 is 0 Å². The highest BCUT2D eigenvalue weighted by Gasteiger charge is 2.34. The number of rotatable bonds is 4. The fourth-order valence-electron chi connectivity index (χ4n) is 3.96. The van der Waals surface area contributed by atoms with E-state index in [9.17, 15) is 14.0 Å². The minimum Gasteiger partial charge on any atom is -0.343 e. The topological polar surface area (TPSA) is 52.7 Å². The van der Waals surface area contributed by atoms with E-state index in [1.54, 1.807) is 6.07 Å². The quantitative estimate of drug-likeness (QED) is 0.849. The summed E-state index contributed by atoms with van der Waals surface area (Å²) in [5.74, 6) is 0.0135. The molecule has 2 aliphatic rings. The second-order valence-corrected chi connectivity index (χ2v) is 7.21. The van der Waals surface area contributed by atoms with Gasteiger partial charge < -0.3 is 15.1 Å². The fourth-order valence-corrected chi connectivity index (χ4v) is 3.96. The van der Waals surface area contributed by atoms with Crippen molar-refractivity contribution in [3.8, 4) is 0 Å². The lowest BCUT2D eigenvalue weighted by Crippen LogP contribution is -2.52. The molecule has 2 heterocycles. The number of carbonyl (C=O) groups excluding carboxylic acids is 2. The standard InChI is InChI=1S/C20H28FN3O2.ClH/c1-2-4-19(25)23-10-7-15(8-11-23)20(26)24-12-9-22-14-18(24)16-5-3-6-17(21)13-16;/h3,5-6,13,15,18,22H,2,4,7-12,14H2,1H3;1H. The summed E-state index contributed by atoms with van der Waals surface area (Å²) in [5.41, 5.74) is 0.834. The average Bonchev–Trinajstić information content (AvgIpc) is 2.68. The number of nitrogens with zero attached hydrogens (tertiary/aromatic N) is 2. The van der Waals surface area contributed by atoms with E-state index in [4.69, 9.17) is 0 Å². The van der Waals surface area contributed by atoms with Crippen LogP contribution in [0.5, 0.6) is 0 Å². The van der Waals surface area contributed by atoms with Crippen LogP contribution in [0.2, 0.25) is 0 Å². The predicted molar refractivity (Wildman–Crippen MR) is 105 cm³/mol. The first-order valence-corrected chi connectivity index (χ1v) is 9.64. The number of piperazine rings is 1. The van der Waals surface area contributed by atoms with E-state index in [0.29, 0.717) is 45.4 Å². The zero-order valence-electron chi connectivity index (χ0n) is 15.8. The molecule has 1 atom stereocenters. The SMILES string of the molecule is CCCC(=O)N1CCC(C(=O)N2CCNCC2c2cccc(F)c2)CC1.Cl. The summed E-state index contributed by atoms with van der Waals surface area (Å²) < 4.78 is 13.6. The molecule has 27 heavy (non-hydrogen) atoms. The van der Waals surface area contributed by atoms with E-state index in [1.807, 2.05) is 22.8 Å². The van der Waals surface area contributed by atoms with Gasteiger partial charge in [-0.05, 0) is 37.0 Å². The van der Waals surface area contributed by atoms with Gasteiger partial charge in [0.15, 0.2) is 0 Å². The minimum atomic E-state index is -0.275. The van der Waals surface area contributed by atoms with Gasteiger partial charge in [-0.1, -0.05) is 19.1 Å². The first kappa shape index (κ1) is 21.6. The largest absolute Gasteiger partial charge is 0.343 e. The molecule has 1 unspecified atom stereocenters. The van der Waals surface area contributed by atoms with Gasteiger partial charge >= 0.3 is 0 Å². The van der Waals surface area contributed by atoms with E-state index in [0.717, 1.165) is 18.5 Å². The molecule has 0 saturated carbocycles. The van der Waals surface area contributed by atoms with Crippen LogP contribution in [0.15, 0.2) is 24.3 Å². The molecule has 0 bridgehead atoms. The Labute approximate surface area is 166 Å². The molecule has 7 heteroatoms. The molecule has 1 aromatic rings. The van der Waals surface area contributed by atoms with Crippen molar-refractivity contribution >= 4 is 24.2 Å². The monoisotopic (exact) mass is 397 g/mol. The maximum atomic E-state index is 13.6. The van der Waals surface area contributed by atoms with Crippen LogP contribution in [0.1, 0.15) is 44.2 Å². The molecule has 1 N–H and O–H groups in total. The maximum absolute atomic E-state index is 13.6. The third kappa shape index (κ3) is 5.20. The minimum absolute atomic E-state index is 0. The van der Waals surface area contributed by atoms with Gasteiger partial charge in [-0.3, -0.25) is 9.59 Å². The van der Waals surface area contributed by atoms with Crippen molar-refractivity contribution in [2.45, 2.75) is 38.6 Å².